The third-order valence-corrected chi connectivity index (χ3v) is 6.61. The molecular formula is C30H29N3O3. The maximum atomic E-state index is 13.7. The highest BCUT2D eigenvalue weighted by Crippen LogP contribution is 2.37. The molecule has 182 valence electrons. The predicted octanol–water partition coefficient (Wildman–Crippen LogP) is 5.01. The molecule has 36 heavy (non-hydrogen) atoms. The number of carbonyl (C=O) groups excluding carboxylic acids is 2. The first-order valence-corrected chi connectivity index (χ1v) is 12.1. The fourth-order valence-electron chi connectivity index (χ4n) is 4.77. The number of nitrogens with zero attached hydrogens (tertiary/aromatic N) is 2. The zero-order valence-electron chi connectivity index (χ0n) is 20.3. The summed E-state index contributed by atoms with van der Waals surface area (Å²) in [6, 6.07) is 29.5. The maximum absolute atomic E-state index is 13.7. The summed E-state index contributed by atoms with van der Waals surface area (Å²) >= 11 is 0. The van der Waals surface area contributed by atoms with Crippen molar-refractivity contribution in [3.05, 3.63) is 120 Å². The topological polar surface area (TPSA) is 63.6 Å². The van der Waals surface area contributed by atoms with E-state index in [4.69, 9.17) is 4.74 Å². The van der Waals surface area contributed by atoms with Crippen molar-refractivity contribution in [2.75, 3.05) is 7.11 Å². The van der Waals surface area contributed by atoms with Crippen LogP contribution in [0.5, 0.6) is 5.75 Å². The summed E-state index contributed by atoms with van der Waals surface area (Å²) in [7, 11) is 1.64. The second-order valence-electron chi connectivity index (χ2n) is 8.89. The largest absolute Gasteiger partial charge is 0.497 e. The average Bonchev–Trinajstić information content (AvgIpc) is 3.35. The van der Waals surface area contributed by atoms with Crippen LogP contribution < -0.4 is 10.1 Å². The van der Waals surface area contributed by atoms with Gasteiger partial charge in [-0.1, -0.05) is 60.7 Å². The number of para-hydroxylation sites is 1. The molecule has 5 rings (SSSR count). The van der Waals surface area contributed by atoms with E-state index in [9.17, 15) is 9.59 Å². The van der Waals surface area contributed by atoms with Gasteiger partial charge in [-0.2, -0.15) is 0 Å². The highest BCUT2D eigenvalue weighted by Gasteiger charge is 2.32. The van der Waals surface area contributed by atoms with Crippen molar-refractivity contribution >= 4 is 11.8 Å². The Balaban J connectivity index is 1.40. The predicted molar refractivity (Wildman–Crippen MR) is 139 cm³/mol. The van der Waals surface area contributed by atoms with Gasteiger partial charge in [0.15, 0.2) is 0 Å². The number of carbonyl (C=O) groups is 2. The van der Waals surface area contributed by atoms with E-state index in [0.717, 1.165) is 33.8 Å². The fraction of sp³-hybridized carbons (Fsp3) is 0.200. The number of methoxy groups -OCH3 is 1. The van der Waals surface area contributed by atoms with Crippen LogP contribution in [-0.4, -0.2) is 28.4 Å². The second kappa shape index (κ2) is 10.5. The molecular weight excluding hydrogens is 450 g/mol. The smallest absolute Gasteiger partial charge is 0.224 e. The van der Waals surface area contributed by atoms with Gasteiger partial charge >= 0.3 is 0 Å². The van der Waals surface area contributed by atoms with Crippen LogP contribution >= 0.6 is 0 Å². The number of aromatic nitrogens is 1. The molecule has 6 nitrogen and oxygen atoms in total. The first-order chi connectivity index (χ1) is 17.6. The Labute approximate surface area is 211 Å². The standard InChI is InChI=1S/C30H29N3O3/c1-36-25-15-13-23(14-16-25)30-27-12-7-19-32(27)26-11-6-5-10-24(26)21-33(30)29(35)18-17-28(34)31-20-22-8-3-2-4-9-22/h2-16,19,30H,17-18,20-21H2,1H3,(H,31,34)/t30-/m0/s1. The van der Waals surface area contributed by atoms with Gasteiger partial charge in [0.1, 0.15) is 5.75 Å². The van der Waals surface area contributed by atoms with Gasteiger partial charge in [0.2, 0.25) is 11.8 Å². The van der Waals surface area contributed by atoms with Crippen molar-refractivity contribution in [2.45, 2.75) is 32.0 Å². The van der Waals surface area contributed by atoms with Gasteiger partial charge in [0.25, 0.3) is 0 Å². The molecule has 0 aliphatic carbocycles. The highest BCUT2D eigenvalue weighted by molar-refractivity contribution is 5.84. The van der Waals surface area contributed by atoms with E-state index in [1.807, 2.05) is 83.9 Å². The molecule has 1 atom stereocenters. The summed E-state index contributed by atoms with van der Waals surface area (Å²) in [5, 5.41) is 2.92. The van der Waals surface area contributed by atoms with Crippen LogP contribution in [0.3, 0.4) is 0 Å². The monoisotopic (exact) mass is 479 g/mol. The first-order valence-electron chi connectivity index (χ1n) is 12.1. The van der Waals surface area contributed by atoms with Gasteiger partial charge in [-0.25, -0.2) is 0 Å². The Hall–Kier alpha value is -4.32. The van der Waals surface area contributed by atoms with Crippen molar-refractivity contribution in [1.29, 1.82) is 0 Å². The quantitative estimate of drug-likeness (QED) is 0.405. The molecule has 0 radical (unpaired) electrons. The van der Waals surface area contributed by atoms with Crippen molar-refractivity contribution < 1.29 is 14.3 Å². The van der Waals surface area contributed by atoms with Crippen molar-refractivity contribution in [2.24, 2.45) is 0 Å². The molecule has 6 heteroatoms. The van der Waals surface area contributed by atoms with Crippen LogP contribution in [0, 0.1) is 0 Å². The number of benzene rings is 3. The minimum Gasteiger partial charge on any atom is -0.497 e. The number of amides is 2. The maximum Gasteiger partial charge on any atom is 0.224 e. The van der Waals surface area contributed by atoms with E-state index in [1.165, 1.54) is 0 Å². The summed E-state index contributed by atoms with van der Waals surface area (Å²) in [5.41, 5.74) is 5.15. The summed E-state index contributed by atoms with van der Waals surface area (Å²) in [6.07, 6.45) is 2.31. The van der Waals surface area contributed by atoms with Crippen molar-refractivity contribution in [1.82, 2.24) is 14.8 Å². The van der Waals surface area contributed by atoms with E-state index in [0.29, 0.717) is 13.1 Å². The van der Waals surface area contributed by atoms with Crippen molar-refractivity contribution in [3.63, 3.8) is 0 Å². The molecule has 2 heterocycles. The van der Waals surface area contributed by atoms with E-state index >= 15 is 0 Å². The lowest BCUT2D eigenvalue weighted by atomic mass is 10.0. The molecule has 1 N–H and O–H groups in total. The Bertz CT molecular complexity index is 1350. The highest BCUT2D eigenvalue weighted by atomic mass is 16.5. The van der Waals surface area contributed by atoms with Crippen LogP contribution in [0.2, 0.25) is 0 Å². The minimum atomic E-state index is -0.293. The minimum absolute atomic E-state index is 0.0601. The van der Waals surface area contributed by atoms with Crippen molar-refractivity contribution in [3.8, 4) is 11.4 Å². The molecule has 1 aromatic heterocycles. The number of hydrogen-bond donors (Lipinski definition) is 1. The molecule has 1 aliphatic rings. The molecule has 3 aromatic carbocycles. The molecule has 0 fully saturated rings. The van der Waals surface area contributed by atoms with Gasteiger partial charge in [0.05, 0.1) is 18.8 Å². The van der Waals surface area contributed by atoms with E-state index in [1.54, 1.807) is 7.11 Å². The van der Waals surface area contributed by atoms with Gasteiger partial charge < -0.3 is 19.5 Å². The van der Waals surface area contributed by atoms with Crippen LogP contribution in [0.25, 0.3) is 5.69 Å². The molecule has 2 amide bonds. The zero-order valence-corrected chi connectivity index (χ0v) is 20.3. The molecule has 4 aromatic rings. The first kappa shape index (κ1) is 23.4. The lowest BCUT2D eigenvalue weighted by molar-refractivity contribution is -0.135. The van der Waals surface area contributed by atoms with Crippen LogP contribution in [0.4, 0.5) is 0 Å². The van der Waals surface area contributed by atoms with Gasteiger partial charge in [-0.15, -0.1) is 0 Å². The van der Waals surface area contributed by atoms with Gasteiger partial charge in [-0.3, -0.25) is 9.59 Å². The fourth-order valence-corrected chi connectivity index (χ4v) is 4.77. The molecule has 0 unspecified atom stereocenters. The Morgan fingerprint density at radius 3 is 2.42 bits per heavy atom. The lowest BCUT2D eigenvalue weighted by Gasteiger charge is -2.31. The normalized spacial score (nSPS) is 14.4. The number of rotatable bonds is 7. The summed E-state index contributed by atoms with van der Waals surface area (Å²) in [4.78, 5) is 28.1. The van der Waals surface area contributed by atoms with Crippen LogP contribution in [-0.2, 0) is 22.7 Å². The van der Waals surface area contributed by atoms with Crippen LogP contribution in [0.1, 0.15) is 41.3 Å². The third-order valence-electron chi connectivity index (χ3n) is 6.61. The zero-order chi connectivity index (χ0) is 24.9. The summed E-state index contributed by atoms with van der Waals surface area (Å²) in [5.74, 6) is 0.570. The SMILES string of the molecule is COc1ccc([C@H]2c3cccn3-c3ccccc3CN2C(=O)CCC(=O)NCc2ccccc2)cc1. The number of nitrogens with one attached hydrogen (secondary N) is 1. The van der Waals surface area contributed by atoms with Gasteiger partial charge in [-0.05, 0) is 47.0 Å². The molecule has 0 saturated heterocycles. The second-order valence-corrected chi connectivity index (χ2v) is 8.89. The molecule has 0 bridgehead atoms. The van der Waals surface area contributed by atoms with E-state index in [-0.39, 0.29) is 30.7 Å². The third kappa shape index (κ3) is 4.89. The molecule has 1 aliphatic heterocycles. The number of ether oxygens (including phenoxy) is 1. The Morgan fingerprint density at radius 2 is 1.64 bits per heavy atom. The number of hydrogen-bond acceptors (Lipinski definition) is 3. The van der Waals surface area contributed by atoms with Crippen LogP contribution in [0.15, 0.2) is 97.2 Å². The summed E-state index contributed by atoms with van der Waals surface area (Å²) in [6.45, 7) is 0.909. The molecule has 0 spiro atoms. The summed E-state index contributed by atoms with van der Waals surface area (Å²) < 4.78 is 7.51. The Kier molecular flexibility index (Phi) is 6.85. The van der Waals surface area contributed by atoms with Gasteiger partial charge in [0, 0.05) is 37.8 Å². The molecule has 0 saturated carbocycles. The van der Waals surface area contributed by atoms with E-state index < -0.39 is 0 Å². The average molecular weight is 480 g/mol. The Morgan fingerprint density at radius 1 is 0.889 bits per heavy atom. The van der Waals surface area contributed by atoms with E-state index in [2.05, 4.69) is 28.1 Å². The number of fused-ring (bicyclic) bond motifs is 3. The lowest BCUT2D eigenvalue weighted by Crippen LogP contribution is -2.35.